The number of carbonyl (C=O) groups excluding carboxylic acids is 1. The van der Waals surface area contributed by atoms with Crippen molar-refractivity contribution < 1.29 is 4.79 Å². The normalized spacial score (nSPS) is 11.3. The summed E-state index contributed by atoms with van der Waals surface area (Å²) in [4.78, 5) is 12.1. The number of primary amides is 1. The third-order valence-electron chi connectivity index (χ3n) is 4.38. The summed E-state index contributed by atoms with van der Waals surface area (Å²) >= 11 is 1.66. The SMILES string of the molecule is CCCCc1c(-c2ccsc2)c(C(N)=O)c(C)n1CCC(C)C. The molecule has 0 aromatic carbocycles. The van der Waals surface area contributed by atoms with Crippen molar-refractivity contribution in [3.8, 4) is 11.1 Å². The van der Waals surface area contributed by atoms with Crippen molar-refractivity contribution in [2.24, 2.45) is 11.7 Å². The van der Waals surface area contributed by atoms with E-state index in [1.54, 1.807) is 11.3 Å². The van der Waals surface area contributed by atoms with E-state index < -0.39 is 0 Å². The minimum absolute atomic E-state index is 0.315. The van der Waals surface area contributed by atoms with Gasteiger partial charge in [0.15, 0.2) is 0 Å². The zero-order valence-electron chi connectivity index (χ0n) is 14.7. The first-order valence-electron chi connectivity index (χ1n) is 8.51. The summed E-state index contributed by atoms with van der Waals surface area (Å²) in [5.74, 6) is 0.321. The third-order valence-corrected chi connectivity index (χ3v) is 5.07. The lowest BCUT2D eigenvalue weighted by Crippen LogP contribution is -2.13. The fourth-order valence-corrected chi connectivity index (χ4v) is 3.76. The number of carbonyl (C=O) groups is 1. The molecule has 0 atom stereocenters. The molecule has 0 radical (unpaired) electrons. The Hall–Kier alpha value is -1.55. The van der Waals surface area contributed by atoms with Crippen LogP contribution in [0.3, 0.4) is 0 Å². The van der Waals surface area contributed by atoms with Gasteiger partial charge in [-0.2, -0.15) is 11.3 Å². The molecule has 2 N–H and O–H groups in total. The van der Waals surface area contributed by atoms with Gasteiger partial charge in [0, 0.05) is 23.5 Å². The molecule has 3 nitrogen and oxygen atoms in total. The van der Waals surface area contributed by atoms with Crippen LogP contribution in [0.15, 0.2) is 16.8 Å². The number of hydrogen-bond acceptors (Lipinski definition) is 2. The summed E-state index contributed by atoms with van der Waals surface area (Å²) in [6.07, 6.45) is 4.37. The van der Waals surface area contributed by atoms with Crippen molar-refractivity contribution >= 4 is 17.2 Å². The predicted octanol–water partition coefficient (Wildman–Crippen LogP) is 5.01. The lowest BCUT2D eigenvalue weighted by atomic mass is 10.00. The zero-order valence-corrected chi connectivity index (χ0v) is 15.5. The molecule has 1 amide bonds. The Kier molecular flexibility index (Phi) is 6.05. The van der Waals surface area contributed by atoms with Gasteiger partial charge in [-0.1, -0.05) is 27.2 Å². The van der Waals surface area contributed by atoms with Crippen LogP contribution in [0.4, 0.5) is 0 Å². The number of unbranched alkanes of at least 4 members (excludes halogenated alkanes) is 1. The maximum atomic E-state index is 12.1. The van der Waals surface area contributed by atoms with Gasteiger partial charge in [-0.15, -0.1) is 0 Å². The maximum absolute atomic E-state index is 12.1. The fourth-order valence-electron chi connectivity index (χ4n) is 3.11. The monoisotopic (exact) mass is 332 g/mol. The molecule has 0 aliphatic carbocycles. The Labute approximate surface area is 143 Å². The topological polar surface area (TPSA) is 48.0 Å². The van der Waals surface area contributed by atoms with Crippen LogP contribution in [0.5, 0.6) is 0 Å². The molecule has 0 spiro atoms. The Bertz CT molecular complexity index is 653. The van der Waals surface area contributed by atoms with Crippen molar-refractivity contribution in [3.05, 3.63) is 33.8 Å². The highest BCUT2D eigenvalue weighted by atomic mass is 32.1. The minimum Gasteiger partial charge on any atom is -0.366 e. The van der Waals surface area contributed by atoms with Gasteiger partial charge in [-0.05, 0) is 54.5 Å². The average Bonchev–Trinajstić information content (AvgIpc) is 3.09. The van der Waals surface area contributed by atoms with Crippen LogP contribution >= 0.6 is 11.3 Å². The number of hydrogen-bond donors (Lipinski definition) is 1. The molecule has 0 aliphatic heterocycles. The average molecular weight is 333 g/mol. The van der Waals surface area contributed by atoms with Crippen LogP contribution in [0, 0.1) is 12.8 Å². The van der Waals surface area contributed by atoms with Crippen LogP contribution in [0.25, 0.3) is 11.1 Å². The summed E-state index contributed by atoms with van der Waals surface area (Å²) < 4.78 is 2.34. The van der Waals surface area contributed by atoms with Gasteiger partial charge in [-0.25, -0.2) is 0 Å². The van der Waals surface area contributed by atoms with Gasteiger partial charge in [0.25, 0.3) is 5.91 Å². The molecular formula is C19H28N2OS. The quantitative estimate of drug-likeness (QED) is 0.725. The van der Waals surface area contributed by atoms with Gasteiger partial charge in [0.05, 0.1) is 5.56 Å². The highest BCUT2D eigenvalue weighted by Crippen LogP contribution is 2.35. The van der Waals surface area contributed by atoms with E-state index in [-0.39, 0.29) is 5.91 Å². The van der Waals surface area contributed by atoms with Gasteiger partial charge in [-0.3, -0.25) is 4.79 Å². The Balaban J connectivity index is 2.60. The second-order valence-corrected chi connectivity index (χ2v) is 7.38. The summed E-state index contributed by atoms with van der Waals surface area (Å²) in [6.45, 7) is 9.66. The van der Waals surface area contributed by atoms with E-state index in [1.807, 2.05) is 6.92 Å². The maximum Gasteiger partial charge on any atom is 0.251 e. The molecule has 0 saturated carbocycles. The highest BCUT2D eigenvalue weighted by molar-refractivity contribution is 7.08. The Morgan fingerprint density at radius 1 is 1.39 bits per heavy atom. The molecule has 2 aromatic heterocycles. The first-order chi connectivity index (χ1) is 11.0. The molecule has 0 saturated heterocycles. The van der Waals surface area contributed by atoms with E-state index in [0.717, 1.165) is 49.0 Å². The molecule has 126 valence electrons. The Morgan fingerprint density at radius 3 is 2.65 bits per heavy atom. The number of thiophene rings is 1. The second kappa shape index (κ2) is 7.82. The van der Waals surface area contributed by atoms with Crippen molar-refractivity contribution in [1.82, 2.24) is 4.57 Å². The molecule has 2 heterocycles. The van der Waals surface area contributed by atoms with Gasteiger partial charge in [0.2, 0.25) is 0 Å². The number of nitrogens with two attached hydrogens (primary N) is 1. The van der Waals surface area contributed by atoms with E-state index >= 15 is 0 Å². The number of rotatable bonds is 8. The van der Waals surface area contributed by atoms with Crippen molar-refractivity contribution in [2.75, 3.05) is 0 Å². The van der Waals surface area contributed by atoms with E-state index in [9.17, 15) is 4.79 Å². The van der Waals surface area contributed by atoms with Crippen LogP contribution in [-0.4, -0.2) is 10.5 Å². The van der Waals surface area contributed by atoms with Crippen LogP contribution in [0.1, 0.15) is 61.8 Å². The van der Waals surface area contributed by atoms with E-state index in [0.29, 0.717) is 11.5 Å². The van der Waals surface area contributed by atoms with E-state index in [1.165, 1.54) is 5.69 Å². The third kappa shape index (κ3) is 3.86. The van der Waals surface area contributed by atoms with Gasteiger partial charge >= 0.3 is 0 Å². The molecule has 0 bridgehead atoms. The largest absolute Gasteiger partial charge is 0.366 e. The van der Waals surface area contributed by atoms with Crippen molar-refractivity contribution in [3.63, 3.8) is 0 Å². The first kappa shape index (κ1) is 17.8. The van der Waals surface area contributed by atoms with Crippen molar-refractivity contribution in [1.29, 1.82) is 0 Å². The number of nitrogens with zero attached hydrogens (tertiary/aromatic N) is 1. The predicted molar refractivity (Wildman–Crippen MR) is 99.1 cm³/mol. The molecule has 0 unspecified atom stereocenters. The van der Waals surface area contributed by atoms with Gasteiger partial charge in [0.1, 0.15) is 0 Å². The molecule has 23 heavy (non-hydrogen) atoms. The van der Waals surface area contributed by atoms with E-state index in [2.05, 4.69) is 42.2 Å². The van der Waals surface area contributed by atoms with Crippen LogP contribution < -0.4 is 5.73 Å². The highest BCUT2D eigenvalue weighted by Gasteiger charge is 2.24. The first-order valence-corrected chi connectivity index (χ1v) is 9.45. The Morgan fingerprint density at radius 2 is 2.13 bits per heavy atom. The zero-order chi connectivity index (χ0) is 17.0. The molecule has 0 aliphatic rings. The summed E-state index contributed by atoms with van der Waals surface area (Å²) in [7, 11) is 0. The molecule has 4 heteroatoms. The summed E-state index contributed by atoms with van der Waals surface area (Å²) in [6, 6.07) is 2.09. The smallest absolute Gasteiger partial charge is 0.251 e. The second-order valence-electron chi connectivity index (χ2n) is 6.60. The standard InChI is InChI=1S/C19H28N2OS/c1-5-6-7-16-18(15-9-11-23-12-15)17(19(20)22)14(4)21(16)10-8-13(2)3/h9,11-13H,5-8,10H2,1-4H3,(H2,20,22). The van der Waals surface area contributed by atoms with Crippen LogP contribution in [-0.2, 0) is 13.0 Å². The molecule has 2 rings (SSSR count). The van der Waals surface area contributed by atoms with Crippen molar-refractivity contribution in [2.45, 2.75) is 59.9 Å². The number of amides is 1. The molecule has 0 fully saturated rings. The minimum atomic E-state index is -0.315. The molecular weight excluding hydrogens is 304 g/mol. The summed E-state index contributed by atoms with van der Waals surface area (Å²) in [5.41, 5.74) is 10.9. The molecule has 2 aromatic rings. The number of aromatic nitrogens is 1. The van der Waals surface area contributed by atoms with Crippen LogP contribution in [0.2, 0.25) is 0 Å². The lowest BCUT2D eigenvalue weighted by Gasteiger charge is -2.14. The van der Waals surface area contributed by atoms with E-state index in [4.69, 9.17) is 5.73 Å². The summed E-state index contributed by atoms with van der Waals surface area (Å²) in [5, 5.41) is 4.17. The van der Waals surface area contributed by atoms with Gasteiger partial charge < -0.3 is 10.3 Å². The fraction of sp³-hybridized carbons (Fsp3) is 0.526. The lowest BCUT2D eigenvalue weighted by molar-refractivity contribution is 0.1000.